The largest absolute Gasteiger partial charge is 0.508 e. The normalized spacial score (nSPS) is 11.2. The van der Waals surface area contributed by atoms with Crippen LogP contribution in [0.4, 0.5) is 5.69 Å². The summed E-state index contributed by atoms with van der Waals surface area (Å²) in [4.78, 5) is 11.7. The van der Waals surface area contributed by atoms with Crippen LogP contribution in [0.2, 0.25) is 0 Å². The summed E-state index contributed by atoms with van der Waals surface area (Å²) in [5, 5.41) is 12.2. The van der Waals surface area contributed by atoms with E-state index >= 15 is 0 Å². The van der Waals surface area contributed by atoms with Gasteiger partial charge in [0.2, 0.25) is 0 Å². The lowest BCUT2D eigenvalue weighted by atomic mass is 10.1. The predicted molar refractivity (Wildman–Crippen MR) is 65.5 cm³/mol. The molecule has 94 valence electrons. The lowest BCUT2D eigenvalue weighted by molar-refractivity contribution is -0.139. The average Bonchev–Trinajstić information content (AvgIpc) is 2.29. The first-order valence-corrected chi connectivity index (χ1v) is 5.27. The molecule has 1 aromatic carbocycles. The number of hydrogen-bond acceptors (Lipinski definition) is 4. The molecule has 0 fully saturated rings. The molecule has 5 nitrogen and oxygen atoms in total. The number of ether oxygens (including phenoxy) is 1. The molecule has 0 spiro atoms. The van der Waals surface area contributed by atoms with Gasteiger partial charge in [-0.15, -0.1) is 0 Å². The van der Waals surface area contributed by atoms with E-state index in [1.807, 2.05) is 0 Å². The molecule has 0 atom stereocenters. The first-order chi connectivity index (χ1) is 7.86. The molecule has 4 N–H and O–H groups in total. The van der Waals surface area contributed by atoms with E-state index in [0.717, 1.165) is 0 Å². The monoisotopic (exact) mass is 238 g/mol. The van der Waals surface area contributed by atoms with Crippen molar-refractivity contribution in [3.8, 4) is 5.75 Å². The SMILES string of the molecule is COC(C)(C)C(=O)NCc1cc(N)ccc1O. The zero-order valence-electron chi connectivity index (χ0n) is 10.3. The van der Waals surface area contributed by atoms with Crippen molar-refractivity contribution in [3.63, 3.8) is 0 Å². The topological polar surface area (TPSA) is 84.6 Å². The molecular formula is C12H18N2O3. The summed E-state index contributed by atoms with van der Waals surface area (Å²) in [5.41, 5.74) is 5.82. The third kappa shape index (κ3) is 3.35. The first kappa shape index (κ1) is 13.3. The van der Waals surface area contributed by atoms with Crippen LogP contribution in [0.1, 0.15) is 19.4 Å². The summed E-state index contributed by atoms with van der Waals surface area (Å²) in [6.45, 7) is 3.55. The van der Waals surface area contributed by atoms with Gasteiger partial charge in [0.25, 0.3) is 5.91 Å². The van der Waals surface area contributed by atoms with Crippen LogP contribution >= 0.6 is 0 Å². The second kappa shape index (κ2) is 5.05. The molecule has 1 rings (SSSR count). The van der Waals surface area contributed by atoms with E-state index in [-0.39, 0.29) is 18.2 Å². The highest BCUT2D eigenvalue weighted by Gasteiger charge is 2.26. The minimum Gasteiger partial charge on any atom is -0.508 e. The van der Waals surface area contributed by atoms with E-state index in [1.54, 1.807) is 26.0 Å². The predicted octanol–water partition coefficient (Wildman–Crippen LogP) is 1.02. The molecule has 0 aromatic heterocycles. The standard InChI is InChI=1S/C12H18N2O3/c1-12(2,17-3)11(16)14-7-8-6-9(13)4-5-10(8)15/h4-6,15H,7,13H2,1-3H3,(H,14,16). The Morgan fingerprint density at radius 1 is 1.53 bits per heavy atom. The van der Waals surface area contributed by atoms with Crippen LogP contribution in [0.15, 0.2) is 18.2 Å². The number of hydrogen-bond donors (Lipinski definition) is 3. The van der Waals surface area contributed by atoms with Gasteiger partial charge in [-0.25, -0.2) is 0 Å². The molecule has 1 amide bonds. The molecule has 17 heavy (non-hydrogen) atoms. The number of nitrogen functional groups attached to an aromatic ring is 1. The molecule has 0 radical (unpaired) electrons. The van der Waals surface area contributed by atoms with E-state index in [2.05, 4.69) is 5.32 Å². The molecule has 0 bridgehead atoms. The van der Waals surface area contributed by atoms with E-state index in [9.17, 15) is 9.90 Å². The molecule has 1 aromatic rings. The van der Waals surface area contributed by atoms with Gasteiger partial charge in [0, 0.05) is 24.9 Å². The quantitative estimate of drug-likeness (QED) is 0.540. The zero-order chi connectivity index (χ0) is 13.1. The van der Waals surface area contributed by atoms with Gasteiger partial charge in [0.1, 0.15) is 11.4 Å². The minimum atomic E-state index is -0.893. The maximum absolute atomic E-state index is 11.7. The van der Waals surface area contributed by atoms with Crippen LogP contribution in [0.3, 0.4) is 0 Å². The Labute approximate surface area is 101 Å². The third-order valence-electron chi connectivity index (χ3n) is 2.60. The molecule has 5 heteroatoms. The fourth-order valence-corrected chi connectivity index (χ4v) is 1.23. The van der Waals surface area contributed by atoms with Crippen molar-refractivity contribution < 1.29 is 14.6 Å². The van der Waals surface area contributed by atoms with Gasteiger partial charge in [-0.2, -0.15) is 0 Å². The highest BCUT2D eigenvalue weighted by Crippen LogP contribution is 2.19. The number of phenolic OH excluding ortho intramolecular Hbond substituents is 1. The summed E-state index contributed by atoms with van der Waals surface area (Å²) in [7, 11) is 1.47. The maximum Gasteiger partial charge on any atom is 0.251 e. The number of amides is 1. The van der Waals surface area contributed by atoms with Crippen molar-refractivity contribution in [1.29, 1.82) is 0 Å². The van der Waals surface area contributed by atoms with E-state index in [0.29, 0.717) is 11.3 Å². The second-order valence-electron chi connectivity index (χ2n) is 4.29. The van der Waals surface area contributed by atoms with E-state index in [4.69, 9.17) is 10.5 Å². The summed E-state index contributed by atoms with van der Waals surface area (Å²) >= 11 is 0. The number of aromatic hydroxyl groups is 1. The fourth-order valence-electron chi connectivity index (χ4n) is 1.23. The Kier molecular flexibility index (Phi) is 3.96. The average molecular weight is 238 g/mol. The van der Waals surface area contributed by atoms with Crippen LogP contribution in [-0.4, -0.2) is 23.7 Å². The van der Waals surface area contributed by atoms with Crippen molar-refractivity contribution in [2.75, 3.05) is 12.8 Å². The fraction of sp³-hybridized carbons (Fsp3) is 0.417. The number of anilines is 1. The molecule has 0 aliphatic carbocycles. The van der Waals surface area contributed by atoms with Crippen molar-refractivity contribution in [1.82, 2.24) is 5.32 Å². The van der Waals surface area contributed by atoms with Gasteiger partial charge in [0.15, 0.2) is 0 Å². The van der Waals surface area contributed by atoms with Gasteiger partial charge in [0.05, 0.1) is 0 Å². The van der Waals surface area contributed by atoms with E-state index < -0.39 is 5.60 Å². The third-order valence-corrected chi connectivity index (χ3v) is 2.60. The highest BCUT2D eigenvalue weighted by molar-refractivity contribution is 5.84. The number of carbonyl (C=O) groups excluding carboxylic acids is 1. The summed E-state index contributed by atoms with van der Waals surface area (Å²) in [6.07, 6.45) is 0. The number of carbonyl (C=O) groups is 1. The lowest BCUT2D eigenvalue weighted by Gasteiger charge is -2.21. The van der Waals surface area contributed by atoms with Crippen molar-refractivity contribution >= 4 is 11.6 Å². The van der Waals surface area contributed by atoms with Crippen LogP contribution in [0, 0.1) is 0 Å². The first-order valence-electron chi connectivity index (χ1n) is 5.27. The molecule has 0 saturated carbocycles. The Morgan fingerprint density at radius 2 is 2.18 bits per heavy atom. The Bertz CT molecular complexity index is 416. The van der Waals surface area contributed by atoms with Crippen LogP contribution in [-0.2, 0) is 16.1 Å². The zero-order valence-corrected chi connectivity index (χ0v) is 10.3. The van der Waals surface area contributed by atoms with Crippen LogP contribution in [0.25, 0.3) is 0 Å². The van der Waals surface area contributed by atoms with Crippen molar-refractivity contribution in [3.05, 3.63) is 23.8 Å². The van der Waals surface area contributed by atoms with Gasteiger partial charge in [-0.05, 0) is 32.0 Å². The van der Waals surface area contributed by atoms with Gasteiger partial charge < -0.3 is 20.9 Å². The smallest absolute Gasteiger partial charge is 0.251 e. The number of benzene rings is 1. The van der Waals surface area contributed by atoms with Crippen LogP contribution < -0.4 is 11.1 Å². The molecule has 0 heterocycles. The van der Waals surface area contributed by atoms with E-state index in [1.165, 1.54) is 13.2 Å². The number of phenols is 1. The summed E-state index contributed by atoms with van der Waals surface area (Å²) in [6, 6.07) is 4.72. The number of nitrogens with one attached hydrogen (secondary N) is 1. The van der Waals surface area contributed by atoms with Crippen molar-refractivity contribution in [2.45, 2.75) is 26.0 Å². The molecule has 0 aliphatic rings. The number of rotatable bonds is 4. The Hall–Kier alpha value is -1.75. The van der Waals surface area contributed by atoms with Gasteiger partial charge in [-0.1, -0.05) is 0 Å². The summed E-state index contributed by atoms with van der Waals surface area (Å²) in [5.74, 6) is -0.142. The van der Waals surface area contributed by atoms with Crippen LogP contribution in [0.5, 0.6) is 5.75 Å². The van der Waals surface area contributed by atoms with Gasteiger partial charge >= 0.3 is 0 Å². The van der Waals surface area contributed by atoms with Crippen molar-refractivity contribution in [2.24, 2.45) is 0 Å². The Morgan fingerprint density at radius 3 is 2.76 bits per heavy atom. The molecule has 0 unspecified atom stereocenters. The number of methoxy groups -OCH3 is 1. The minimum absolute atomic E-state index is 0.106. The Balaban J connectivity index is 2.68. The number of nitrogens with two attached hydrogens (primary N) is 1. The summed E-state index contributed by atoms with van der Waals surface area (Å²) < 4.78 is 5.04. The highest BCUT2D eigenvalue weighted by atomic mass is 16.5. The molecular weight excluding hydrogens is 220 g/mol. The maximum atomic E-state index is 11.7. The lowest BCUT2D eigenvalue weighted by Crippen LogP contribution is -2.43. The molecule has 0 aliphatic heterocycles. The molecule has 0 saturated heterocycles. The second-order valence-corrected chi connectivity index (χ2v) is 4.29. The van der Waals surface area contributed by atoms with Gasteiger partial charge in [-0.3, -0.25) is 4.79 Å².